The molecule has 2 saturated heterocycles. The Morgan fingerprint density at radius 2 is 2.50 bits per heavy atom. The van der Waals surface area contributed by atoms with Gasteiger partial charge in [0.2, 0.25) is 5.91 Å². The fourth-order valence-corrected chi connectivity index (χ4v) is 1.79. The summed E-state index contributed by atoms with van der Waals surface area (Å²) in [5.41, 5.74) is 0. The van der Waals surface area contributed by atoms with Gasteiger partial charge in [-0.05, 0) is 6.42 Å². The van der Waals surface area contributed by atoms with Crippen molar-refractivity contribution in [2.24, 2.45) is 0 Å². The highest BCUT2D eigenvalue weighted by Gasteiger charge is 2.39. The monoisotopic (exact) mass is 141 g/mol. The van der Waals surface area contributed by atoms with Gasteiger partial charge in [0.25, 0.3) is 0 Å². The van der Waals surface area contributed by atoms with Crippen molar-refractivity contribution in [2.45, 2.75) is 25.5 Å². The molecule has 0 aliphatic carbocycles. The van der Waals surface area contributed by atoms with Crippen LogP contribution in [-0.4, -0.2) is 36.1 Å². The Hall–Kier alpha value is -0.570. The van der Waals surface area contributed by atoms with Gasteiger partial charge >= 0.3 is 0 Å². The second-order valence-corrected chi connectivity index (χ2v) is 3.02. The van der Waals surface area contributed by atoms with Gasteiger partial charge in [-0.3, -0.25) is 4.79 Å². The van der Waals surface area contributed by atoms with E-state index in [9.17, 15) is 4.79 Å². The lowest BCUT2D eigenvalue weighted by atomic mass is 10.2. The highest BCUT2D eigenvalue weighted by Crippen LogP contribution is 2.27. The molecule has 2 heterocycles. The fourth-order valence-electron chi connectivity index (χ4n) is 1.79. The van der Waals surface area contributed by atoms with Gasteiger partial charge < -0.3 is 9.64 Å². The van der Waals surface area contributed by atoms with E-state index >= 15 is 0 Å². The van der Waals surface area contributed by atoms with Crippen molar-refractivity contribution in [1.82, 2.24) is 4.90 Å². The Morgan fingerprint density at radius 1 is 1.70 bits per heavy atom. The van der Waals surface area contributed by atoms with Gasteiger partial charge in [0, 0.05) is 13.5 Å². The molecule has 2 aliphatic rings. The largest absolute Gasteiger partial charge is 0.374 e. The Balaban J connectivity index is 2.08. The van der Waals surface area contributed by atoms with Crippen LogP contribution in [0.25, 0.3) is 0 Å². The Bertz CT molecular complexity index is 169. The molecule has 2 aliphatic heterocycles. The van der Waals surface area contributed by atoms with E-state index in [4.69, 9.17) is 4.74 Å². The van der Waals surface area contributed by atoms with Crippen LogP contribution in [0.3, 0.4) is 0 Å². The van der Waals surface area contributed by atoms with E-state index in [2.05, 4.69) is 0 Å². The highest BCUT2D eigenvalue weighted by molar-refractivity contribution is 5.74. The summed E-state index contributed by atoms with van der Waals surface area (Å²) in [4.78, 5) is 12.8. The molecule has 3 heteroatoms. The number of carbonyl (C=O) groups is 1. The lowest BCUT2D eigenvalue weighted by Gasteiger charge is -2.25. The molecule has 3 nitrogen and oxygen atoms in total. The lowest BCUT2D eigenvalue weighted by Crippen LogP contribution is -2.39. The number of likely N-dealkylation sites (tertiary alicyclic amines) is 1. The van der Waals surface area contributed by atoms with Crippen molar-refractivity contribution in [3.8, 4) is 0 Å². The molecule has 0 spiro atoms. The number of amides is 1. The third-order valence-corrected chi connectivity index (χ3v) is 2.30. The summed E-state index contributed by atoms with van der Waals surface area (Å²) < 4.78 is 5.34. The highest BCUT2D eigenvalue weighted by atomic mass is 16.5. The van der Waals surface area contributed by atoms with Gasteiger partial charge in [-0.2, -0.15) is 0 Å². The molecule has 2 atom stereocenters. The van der Waals surface area contributed by atoms with Gasteiger partial charge in [-0.15, -0.1) is 0 Å². The summed E-state index contributed by atoms with van der Waals surface area (Å²) in [6.45, 7) is 3.20. The molecule has 56 valence electrons. The number of rotatable bonds is 0. The van der Waals surface area contributed by atoms with Crippen LogP contribution in [0.4, 0.5) is 0 Å². The van der Waals surface area contributed by atoms with E-state index in [-0.39, 0.29) is 5.91 Å². The third-order valence-electron chi connectivity index (χ3n) is 2.30. The molecule has 2 fully saturated rings. The Labute approximate surface area is 60.0 Å². The molecule has 2 rings (SSSR count). The summed E-state index contributed by atoms with van der Waals surface area (Å²) in [6, 6.07) is 0.391. The zero-order valence-corrected chi connectivity index (χ0v) is 6.04. The molecule has 0 N–H and O–H groups in total. The van der Waals surface area contributed by atoms with Crippen LogP contribution >= 0.6 is 0 Å². The molecule has 0 aromatic rings. The first-order chi connectivity index (χ1) is 4.77. The van der Waals surface area contributed by atoms with Crippen molar-refractivity contribution in [1.29, 1.82) is 0 Å². The van der Waals surface area contributed by atoms with Gasteiger partial charge in [0.1, 0.15) is 0 Å². The Morgan fingerprint density at radius 3 is 2.80 bits per heavy atom. The molecule has 0 aromatic heterocycles. The van der Waals surface area contributed by atoms with Crippen molar-refractivity contribution >= 4 is 5.91 Å². The minimum atomic E-state index is 0.191. The van der Waals surface area contributed by atoms with Gasteiger partial charge in [0.15, 0.2) is 0 Å². The minimum Gasteiger partial charge on any atom is -0.374 e. The Kier molecular flexibility index (Phi) is 1.20. The normalized spacial score (nSPS) is 37.1. The number of hydrogen-bond acceptors (Lipinski definition) is 2. The number of carbonyl (C=O) groups excluding carboxylic acids is 1. The van der Waals surface area contributed by atoms with Crippen LogP contribution in [-0.2, 0) is 9.53 Å². The minimum absolute atomic E-state index is 0.191. The van der Waals surface area contributed by atoms with Crippen LogP contribution in [0, 0.1) is 0 Å². The molecular weight excluding hydrogens is 130 g/mol. The first kappa shape index (κ1) is 6.16. The smallest absolute Gasteiger partial charge is 0.219 e. The fraction of sp³-hybridized carbons (Fsp3) is 0.857. The predicted molar refractivity (Wildman–Crippen MR) is 35.5 cm³/mol. The average molecular weight is 141 g/mol. The second kappa shape index (κ2) is 1.95. The zero-order valence-electron chi connectivity index (χ0n) is 6.04. The van der Waals surface area contributed by atoms with Crippen LogP contribution in [0.1, 0.15) is 13.3 Å². The SMILES string of the molecule is CC(=O)N1C[C@@H]2C[C@H]1CO2. The number of morpholine rings is 1. The topological polar surface area (TPSA) is 29.5 Å². The van der Waals surface area contributed by atoms with Crippen LogP contribution in [0.2, 0.25) is 0 Å². The van der Waals surface area contributed by atoms with Crippen LogP contribution in [0.15, 0.2) is 0 Å². The molecule has 1 amide bonds. The van der Waals surface area contributed by atoms with Gasteiger partial charge in [-0.25, -0.2) is 0 Å². The molecular formula is C7H11NO2. The van der Waals surface area contributed by atoms with E-state index in [0.29, 0.717) is 12.1 Å². The molecule has 0 aromatic carbocycles. The number of ether oxygens (including phenoxy) is 1. The van der Waals surface area contributed by atoms with E-state index in [1.165, 1.54) is 0 Å². The quantitative estimate of drug-likeness (QED) is 0.475. The van der Waals surface area contributed by atoms with E-state index in [1.54, 1.807) is 6.92 Å². The van der Waals surface area contributed by atoms with Crippen molar-refractivity contribution < 1.29 is 9.53 Å². The zero-order chi connectivity index (χ0) is 7.14. The summed E-state index contributed by atoms with van der Waals surface area (Å²) in [6.07, 6.45) is 1.40. The summed E-state index contributed by atoms with van der Waals surface area (Å²) in [5, 5.41) is 0. The lowest BCUT2D eigenvalue weighted by molar-refractivity contribution is -0.133. The van der Waals surface area contributed by atoms with Crippen molar-refractivity contribution in [2.75, 3.05) is 13.2 Å². The van der Waals surface area contributed by atoms with E-state index in [0.717, 1.165) is 19.6 Å². The summed E-state index contributed by atoms with van der Waals surface area (Å²) >= 11 is 0. The molecule has 0 unspecified atom stereocenters. The summed E-state index contributed by atoms with van der Waals surface area (Å²) in [7, 11) is 0. The first-order valence-electron chi connectivity index (χ1n) is 3.66. The molecule has 0 radical (unpaired) electrons. The third kappa shape index (κ3) is 0.736. The average Bonchev–Trinajstić information content (AvgIpc) is 2.44. The van der Waals surface area contributed by atoms with E-state index < -0.39 is 0 Å². The number of hydrogen-bond donors (Lipinski definition) is 0. The molecule has 10 heavy (non-hydrogen) atoms. The maximum absolute atomic E-state index is 10.9. The molecule has 2 bridgehead atoms. The predicted octanol–water partition coefficient (Wildman–Crippen LogP) is 0.00600. The first-order valence-corrected chi connectivity index (χ1v) is 3.66. The number of fused-ring (bicyclic) bond motifs is 2. The van der Waals surface area contributed by atoms with Gasteiger partial charge in [0.05, 0.1) is 18.8 Å². The van der Waals surface area contributed by atoms with E-state index in [1.807, 2.05) is 4.90 Å². The standard InChI is InChI=1S/C7H11NO2/c1-5(9)8-3-7-2-6(8)4-10-7/h6-7H,2-4H2,1H3/t6-,7-/m0/s1. The summed E-state index contributed by atoms with van der Waals surface area (Å²) in [5.74, 6) is 0.191. The maximum atomic E-state index is 10.9. The molecule has 0 saturated carbocycles. The maximum Gasteiger partial charge on any atom is 0.219 e. The van der Waals surface area contributed by atoms with Crippen molar-refractivity contribution in [3.63, 3.8) is 0 Å². The van der Waals surface area contributed by atoms with Crippen LogP contribution in [0.5, 0.6) is 0 Å². The second-order valence-electron chi connectivity index (χ2n) is 3.02. The van der Waals surface area contributed by atoms with Crippen LogP contribution < -0.4 is 0 Å². The number of nitrogens with zero attached hydrogens (tertiary/aromatic N) is 1. The van der Waals surface area contributed by atoms with Crippen molar-refractivity contribution in [3.05, 3.63) is 0 Å². The van der Waals surface area contributed by atoms with Gasteiger partial charge in [-0.1, -0.05) is 0 Å².